The third-order valence-corrected chi connectivity index (χ3v) is 5.67. The third kappa shape index (κ3) is 5.97. The van der Waals surface area contributed by atoms with Gasteiger partial charge in [0.15, 0.2) is 0 Å². The van der Waals surface area contributed by atoms with Gasteiger partial charge in [-0.2, -0.15) is 13.5 Å². The highest BCUT2D eigenvalue weighted by atomic mass is 35.5. The highest BCUT2D eigenvalue weighted by molar-refractivity contribution is 7.89. The van der Waals surface area contributed by atoms with Gasteiger partial charge in [-0.3, -0.25) is 0 Å². The molecule has 0 saturated carbocycles. The number of sulfonamides is 1. The molecule has 150 valence electrons. The maximum Gasteiger partial charge on any atom is 0.276 e. The van der Waals surface area contributed by atoms with E-state index in [0.29, 0.717) is 21.4 Å². The lowest BCUT2D eigenvalue weighted by atomic mass is 10.2. The van der Waals surface area contributed by atoms with Crippen molar-refractivity contribution < 1.29 is 13.2 Å². The fraction of sp³-hybridized carbons (Fsp3) is 0.0952. The summed E-state index contributed by atoms with van der Waals surface area (Å²) in [5.41, 5.74) is 2.40. The summed E-state index contributed by atoms with van der Waals surface area (Å²) < 4.78 is 30.5. The molecule has 0 unspecified atom stereocenters. The van der Waals surface area contributed by atoms with Crippen LogP contribution < -0.4 is 9.57 Å². The molecule has 3 rings (SSSR count). The molecule has 3 aromatic rings. The van der Waals surface area contributed by atoms with Gasteiger partial charge in [0.05, 0.1) is 11.1 Å². The minimum Gasteiger partial charge on any atom is -0.488 e. The van der Waals surface area contributed by atoms with Crippen molar-refractivity contribution >= 4 is 39.4 Å². The van der Waals surface area contributed by atoms with Crippen LogP contribution >= 0.6 is 23.2 Å². The zero-order valence-electron chi connectivity index (χ0n) is 15.5. The second-order valence-electron chi connectivity index (χ2n) is 6.27. The van der Waals surface area contributed by atoms with Crippen molar-refractivity contribution in [3.05, 3.63) is 93.5 Å². The molecule has 8 heteroatoms. The Morgan fingerprint density at radius 1 is 1.00 bits per heavy atom. The molecule has 0 aliphatic heterocycles. The summed E-state index contributed by atoms with van der Waals surface area (Å²) in [6.07, 6.45) is 1.35. The quantitative estimate of drug-likeness (QED) is 0.399. The second kappa shape index (κ2) is 9.31. The van der Waals surface area contributed by atoms with Gasteiger partial charge in [-0.25, -0.2) is 4.83 Å². The summed E-state index contributed by atoms with van der Waals surface area (Å²) in [6.45, 7) is 2.17. The van der Waals surface area contributed by atoms with Crippen LogP contribution in [0.2, 0.25) is 10.0 Å². The van der Waals surface area contributed by atoms with Crippen LogP contribution in [0, 0.1) is 6.92 Å². The third-order valence-electron chi connectivity index (χ3n) is 3.96. The van der Waals surface area contributed by atoms with Gasteiger partial charge in [0.25, 0.3) is 10.0 Å². The Kier molecular flexibility index (Phi) is 6.79. The van der Waals surface area contributed by atoms with Crippen LogP contribution in [-0.4, -0.2) is 14.6 Å². The zero-order valence-corrected chi connectivity index (χ0v) is 17.8. The van der Waals surface area contributed by atoms with E-state index < -0.39 is 10.0 Å². The Labute approximate surface area is 180 Å². The summed E-state index contributed by atoms with van der Waals surface area (Å²) >= 11 is 12.1. The van der Waals surface area contributed by atoms with Crippen LogP contribution in [0.4, 0.5) is 0 Å². The molecule has 0 aliphatic rings. The van der Waals surface area contributed by atoms with Gasteiger partial charge < -0.3 is 4.74 Å². The van der Waals surface area contributed by atoms with Gasteiger partial charge in [-0.15, -0.1) is 0 Å². The lowest BCUT2D eigenvalue weighted by molar-refractivity contribution is 0.306. The summed E-state index contributed by atoms with van der Waals surface area (Å²) in [5.74, 6) is 0.507. The SMILES string of the molecule is Cc1ccc(S(=O)(=O)N/N=C\c2cc(Cl)ccc2OCc2cccc(Cl)c2)cc1. The van der Waals surface area contributed by atoms with Crippen molar-refractivity contribution in [2.24, 2.45) is 5.10 Å². The van der Waals surface area contributed by atoms with Crippen LogP contribution in [0.5, 0.6) is 5.75 Å². The predicted molar refractivity (Wildman–Crippen MR) is 116 cm³/mol. The molecule has 0 radical (unpaired) electrons. The molecule has 0 spiro atoms. The number of ether oxygens (including phenoxy) is 1. The molecule has 5 nitrogen and oxygen atoms in total. The van der Waals surface area contributed by atoms with Crippen LogP contribution in [0.25, 0.3) is 0 Å². The van der Waals surface area contributed by atoms with Gasteiger partial charge in [-0.05, 0) is 55.0 Å². The molecular weight excluding hydrogens is 431 g/mol. The fourth-order valence-corrected chi connectivity index (χ4v) is 3.66. The Hall–Kier alpha value is -2.54. The van der Waals surface area contributed by atoms with E-state index >= 15 is 0 Å². The van der Waals surface area contributed by atoms with Crippen LogP contribution in [-0.2, 0) is 16.6 Å². The number of benzene rings is 3. The fourth-order valence-electron chi connectivity index (χ4n) is 2.47. The molecule has 0 bridgehead atoms. The first kappa shape index (κ1) is 21.2. The van der Waals surface area contributed by atoms with Crippen LogP contribution in [0.3, 0.4) is 0 Å². The molecule has 0 aliphatic carbocycles. The van der Waals surface area contributed by atoms with E-state index in [1.54, 1.807) is 42.5 Å². The Balaban J connectivity index is 1.74. The van der Waals surface area contributed by atoms with Crippen molar-refractivity contribution in [1.82, 2.24) is 4.83 Å². The summed E-state index contributed by atoms with van der Waals surface area (Å²) in [6, 6.07) is 18.8. The summed E-state index contributed by atoms with van der Waals surface area (Å²) in [7, 11) is -3.77. The standard InChI is InChI=1S/C21H18Cl2N2O3S/c1-15-5-8-20(9-6-15)29(26,27)25-24-13-17-12-19(23)7-10-21(17)28-14-16-3-2-4-18(22)11-16/h2-13,25H,14H2,1H3/b24-13-. The molecule has 29 heavy (non-hydrogen) atoms. The smallest absolute Gasteiger partial charge is 0.276 e. The van der Waals surface area contributed by atoms with Crippen molar-refractivity contribution in [1.29, 1.82) is 0 Å². The number of hydrogen-bond donors (Lipinski definition) is 1. The number of hydrogen-bond acceptors (Lipinski definition) is 4. The lowest BCUT2D eigenvalue weighted by Gasteiger charge is -2.10. The van der Waals surface area contributed by atoms with Crippen molar-refractivity contribution in [3.63, 3.8) is 0 Å². The highest BCUT2D eigenvalue weighted by Crippen LogP contribution is 2.23. The van der Waals surface area contributed by atoms with Gasteiger partial charge in [0.2, 0.25) is 0 Å². The van der Waals surface area contributed by atoms with Crippen LogP contribution in [0.15, 0.2) is 76.7 Å². The lowest BCUT2D eigenvalue weighted by Crippen LogP contribution is -2.18. The number of hydrazone groups is 1. The van der Waals surface area contributed by atoms with E-state index in [0.717, 1.165) is 11.1 Å². The predicted octanol–water partition coefficient (Wildman–Crippen LogP) is 5.19. The number of nitrogens with one attached hydrogen (secondary N) is 1. The number of nitrogens with zero attached hydrogens (tertiary/aromatic N) is 1. The van der Waals surface area contributed by atoms with Gasteiger partial charge in [0, 0.05) is 15.6 Å². The van der Waals surface area contributed by atoms with Gasteiger partial charge in [-0.1, -0.05) is 53.0 Å². The maximum absolute atomic E-state index is 12.3. The normalized spacial score (nSPS) is 11.6. The van der Waals surface area contributed by atoms with Crippen molar-refractivity contribution in [2.45, 2.75) is 18.4 Å². The molecule has 0 atom stereocenters. The second-order valence-corrected chi connectivity index (χ2v) is 8.80. The minimum absolute atomic E-state index is 0.128. The van der Waals surface area contributed by atoms with E-state index in [9.17, 15) is 8.42 Å². The molecule has 0 saturated heterocycles. The number of aryl methyl sites for hydroxylation is 1. The average molecular weight is 449 g/mol. The van der Waals surface area contributed by atoms with Gasteiger partial charge >= 0.3 is 0 Å². The average Bonchev–Trinajstić information content (AvgIpc) is 2.68. The Morgan fingerprint density at radius 2 is 1.72 bits per heavy atom. The first-order valence-corrected chi connectivity index (χ1v) is 10.9. The Bertz CT molecular complexity index is 1130. The molecular formula is C21H18Cl2N2O3S. The molecule has 0 aromatic heterocycles. The van der Waals surface area contributed by atoms with Crippen molar-refractivity contribution in [3.8, 4) is 5.75 Å². The molecule has 1 N–H and O–H groups in total. The summed E-state index contributed by atoms with van der Waals surface area (Å²) in [4.78, 5) is 2.33. The first-order valence-electron chi connectivity index (χ1n) is 8.62. The number of halogens is 2. The van der Waals surface area contributed by atoms with Gasteiger partial charge in [0.1, 0.15) is 12.4 Å². The van der Waals surface area contributed by atoms with E-state index in [4.69, 9.17) is 27.9 Å². The number of rotatable bonds is 7. The monoisotopic (exact) mass is 448 g/mol. The van der Waals surface area contributed by atoms with E-state index in [1.807, 2.05) is 19.1 Å². The largest absolute Gasteiger partial charge is 0.488 e. The van der Waals surface area contributed by atoms with E-state index in [-0.39, 0.29) is 11.5 Å². The molecule has 3 aromatic carbocycles. The molecule has 0 fully saturated rings. The maximum atomic E-state index is 12.3. The van der Waals surface area contributed by atoms with Crippen molar-refractivity contribution in [2.75, 3.05) is 0 Å². The van der Waals surface area contributed by atoms with Crippen LogP contribution in [0.1, 0.15) is 16.7 Å². The minimum atomic E-state index is -3.77. The first-order chi connectivity index (χ1) is 13.8. The molecule has 0 amide bonds. The Morgan fingerprint density at radius 3 is 2.45 bits per heavy atom. The highest BCUT2D eigenvalue weighted by Gasteiger charge is 2.12. The zero-order chi connectivity index (χ0) is 20.9. The van der Waals surface area contributed by atoms with E-state index in [1.165, 1.54) is 18.3 Å². The molecule has 0 heterocycles. The topological polar surface area (TPSA) is 67.8 Å². The summed E-state index contributed by atoms with van der Waals surface area (Å²) in [5, 5.41) is 4.96. The van der Waals surface area contributed by atoms with E-state index in [2.05, 4.69) is 9.93 Å².